The predicted octanol–water partition coefficient (Wildman–Crippen LogP) is 5.32. The molecule has 0 aliphatic carbocycles. The highest BCUT2D eigenvalue weighted by molar-refractivity contribution is 6.44. The topological polar surface area (TPSA) is 84.9 Å². The van der Waals surface area contributed by atoms with Crippen molar-refractivity contribution in [3.05, 3.63) is 82.8 Å². The number of rotatable bonds is 7. The predicted molar refractivity (Wildman–Crippen MR) is 129 cm³/mol. The lowest BCUT2D eigenvalue weighted by atomic mass is 10.1. The average Bonchev–Trinajstić information content (AvgIpc) is 3.22. The first-order valence-corrected chi connectivity index (χ1v) is 11.2. The number of amides is 2. The van der Waals surface area contributed by atoms with Crippen LogP contribution in [-0.2, 0) is 19.1 Å². The van der Waals surface area contributed by atoms with Crippen LogP contribution in [0.4, 0.5) is 11.4 Å². The van der Waals surface area contributed by atoms with E-state index in [4.69, 9.17) is 32.7 Å². The highest BCUT2D eigenvalue weighted by Gasteiger charge is 2.37. The fourth-order valence-corrected chi connectivity index (χ4v) is 3.88. The van der Waals surface area contributed by atoms with E-state index in [-0.39, 0.29) is 23.9 Å². The molecule has 4 rings (SSSR count). The third-order valence-electron chi connectivity index (χ3n) is 5.14. The molecule has 1 saturated heterocycles. The smallest absolute Gasteiger partial charge is 0.311 e. The van der Waals surface area contributed by atoms with Crippen molar-refractivity contribution in [1.82, 2.24) is 0 Å². The average molecular weight is 499 g/mol. The molecule has 1 N–H and O–H groups in total. The molecule has 7 nitrogen and oxygen atoms in total. The summed E-state index contributed by atoms with van der Waals surface area (Å²) in [5.41, 5.74) is 0.964. The van der Waals surface area contributed by atoms with E-state index in [1.54, 1.807) is 42.5 Å². The second-order valence-electron chi connectivity index (χ2n) is 7.57. The van der Waals surface area contributed by atoms with E-state index < -0.39 is 24.4 Å². The summed E-state index contributed by atoms with van der Waals surface area (Å²) >= 11 is 12.2. The monoisotopic (exact) mass is 498 g/mol. The van der Waals surface area contributed by atoms with Crippen LogP contribution in [0.2, 0.25) is 10.0 Å². The number of carbonyl (C=O) groups excluding carboxylic acids is 3. The zero-order valence-electron chi connectivity index (χ0n) is 17.9. The van der Waals surface area contributed by atoms with Crippen LogP contribution >= 0.6 is 23.2 Å². The van der Waals surface area contributed by atoms with Crippen molar-refractivity contribution in [1.29, 1.82) is 0 Å². The first-order chi connectivity index (χ1) is 16.4. The second kappa shape index (κ2) is 10.6. The number of para-hydroxylation sites is 1. The third-order valence-corrected chi connectivity index (χ3v) is 5.95. The van der Waals surface area contributed by atoms with Crippen LogP contribution in [-0.4, -0.2) is 30.9 Å². The maximum atomic E-state index is 12.4. The summed E-state index contributed by atoms with van der Waals surface area (Å²) in [5, 5.41) is 3.21. The maximum Gasteiger partial charge on any atom is 0.311 e. The molecule has 3 aromatic carbocycles. The van der Waals surface area contributed by atoms with Gasteiger partial charge in [-0.3, -0.25) is 14.4 Å². The van der Waals surface area contributed by atoms with Crippen LogP contribution in [0.15, 0.2) is 72.8 Å². The number of nitrogens with zero attached hydrogens (tertiary/aromatic N) is 1. The Labute approximate surface area is 206 Å². The Morgan fingerprint density at radius 2 is 1.65 bits per heavy atom. The minimum atomic E-state index is -0.704. The van der Waals surface area contributed by atoms with E-state index in [0.29, 0.717) is 27.9 Å². The molecule has 34 heavy (non-hydrogen) atoms. The lowest BCUT2D eigenvalue weighted by Crippen LogP contribution is -2.28. The fraction of sp³-hybridized carbons (Fsp3) is 0.160. The molecule has 1 aliphatic heterocycles. The van der Waals surface area contributed by atoms with Gasteiger partial charge in [0.25, 0.3) is 5.91 Å². The third kappa shape index (κ3) is 5.68. The number of halogens is 2. The molecule has 0 unspecified atom stereocenters. The molecule has 0 aromatic heterocycles. The lowest BCUT2D eigenvalue weighted by Gasteiger charge is -2.18. The standard InChI is InChI=1S/C25H20Cl2N2O5/c26-20-7-4-8-21(24(20)27)29-14-16(13-23(29)31)25(32)33-15-22(30)28-17-9-11-19(12-10-17)34-18-5-2-1-3-6-18/h1-12,16H,13-15H2,(H,28,30)/t16-/m1/s1. The Morgan fingerprint density at radius 1 is 0.941 bits per heavy atom. The van der Waals surface area contributed by atoms with E-state index in [0.717, 1.165) is 0 Å². The minimum Gasteiger partial charge on any atom is -0.457 e. The van der Waals surface area contributed by atoms with Crippen LogP contribution in [0.5, 0.6) is 11.5 Å². The summed E-state index contributed by atoms with van der Waals surface area (Å²) in [4.78, 5) is 38.5. The van der Waals surface area contributed by atoms with Crippen molar-refractivity contribution in [2.24, 2.45) is 5.92 Å². The molecule has 0 radical (unpaired) electrons. The summed E-state index contributed by atoms with van der Waals surface area (Å²) in [6.07, 6.45) is -0.0355. The number of esters is 1. The van der Waals surface area contributed by atoms with Crippen LogP contribution in [0.3, 0.4) is 0 Å². The van der Waals surface area contributed by atoms with E-state index >= 15 is 0 Å². The molecule has 0 spiro atoms. The summed E-state index contributed by atoms with van der Waals surface area (Å²) < 4.78 is 10.8. The summed E-state index contributed by atoms with van der Waals surface area (Å²) in [6, 6.07) is 21.1. The molecule has 1 atom stereocenters. The molecule has 3 aromatic rings. The Bertz CT molecular complexity index is 1200. The molecule has 2 amide bonds. The Kier molecular flexibility index (Phi) is 7.35. The molecule has 1 fully saturated rings. The van der Waals surface area contributed by atoms with Crippen molar-refractivity contribution in [2.75, 3.05) is 23.4 Å². The van der Waals surface area contributed by atoms with Gasteiger partial charge in [-0.1, -0.05) is 47.5 Å². The number of anilines is 2. The maximum absolute atomic E-state index is 12.4. The molecular formula is C25H20Cl2N2O5. The van der Waals surface area contributed by atoms with E-state index in [1.165, 1.54) is 4.90 Å². The minimum absolute atomic E-state index is 0.0355. The highest BCUT2D eigenvalue weighted by Crippen LogP contribution is 2.36. The van der Waals surface area contributed by atoms with Gasteiger partial charge < -0.3 is 19.7 Å². The van der Waals surface area contributed by atoms with Gasteiger partial charge in [-0.25, -0.2) is 0 Å². The van der Waals surface area contributed by atoms with Gasteiger partial charge in [-0.15, -0.1) is 0 Å². The lowest BCUT2D eigenvalue weighted by molar-refractivity contribution is -0.151. The molecule has 1 aliphatic rings. The Hall–Kier alpha value is -3.55. The van der Waals surface area contributed by atoms with Gasteiger partial charge in [0.2, 0.25) is 5.91 Å². The Balaban J connectivity index is 1.26. The molecule has 1 heterocycles. The molecule has 174 valence electrons. The second-order valence-corrected chi connectivity index (χ2v) is 8.36. The number of nitrogens with one attached hydrogen (secondary N) is 1. The van der Waals surface area contributed by atoms with Gasteiger partial charge in [0.1, 0.15) is 11.5 Å². The van der Waals surface area contributed by atoms with Crippen LogP contribution < -0.4 is 15.0 Å². The number of hydrogen-bond donors (Lipinski definition) is 1. The van der Waals surface area contributed by atoms with E-state index in [2.05, 4.69) is 5.32 Å². The highest BCUT2D eigenvalue weighted by atomic mass is 35.5. The van der Waals surface area contributed by atoms with Crippen molar-refractivity contribution < 1.29 is 23.9 Å². The number of ether oxygens (including phenoxy) is 2. The summed E-state index contributed by atoms with van der Waals surface area (Å²) in [5.74, 6) is -0.781. The van der Waals surface area contributed by atoms with Gasteiger partial charge in [0.15, 0.2) is 6.61 Å². The van der Waals surface area contributed by atoms with Gasteiger partial charge in [0, 0.05) is 18.7 Å². The van der Waals surface area contributed by atoms with Gasteiger partial charge in [0.05, 0.1) is 21.7 Å². The zero-order chi connectivity index (χ0) is 24.1. The van der Waals surface area contributed by atoms with Crippen LogP contribution in [0.1, 0.15) is 6.42 Å². The van der Waals surface area contributed by atoms with Crippen LogP contribution in [0, 0.1) is 5.92 Å². The molecule has 0 bridgehead atoms. The van der Waals surface area contributed by atoms with Crippen molar-refractivity contribution in [3.8, 4) is 11.5 Å². The fourth-order valence-electron chi connectivity index (χ4n) is 3.48. The summed E-state index contributed by atoms with van der Waals surface area (Å²) in [7, 11) is 0. The van der Waals surface area contributed by atoms with Crippen molar-refractivity contribution in [3.63, 3.8) is 0 Å². The van der Waals surface area contributed by atoms with E-state index in [9.17, 15) is 14.4 Å². The first-order valence-electron chi connectivity index (χ1n) is 10.4. The quantitative estimate of drug-likeness (QED) is 0.445. The zero-order valence-corrected chi connectivity index (χ0v) is 19.4. The first kappa shape index (κ1) is 23.6. The SMILES string of the molecule is O=C(COC(=O)[C@@H]1CC(=O)N(c2cccc(Cl)c2Cl)C1)Nc1ccc(Oc2ccccc2)cc1. The molecule has 9 heteroatoms. The largest absolute Gasteiger partial charge is 0.457 e. The van der Waals surface area contributed by atoms with Gasteiger partial charge in [-0.2, -0.15) is 0 Å². The normalized spacial score (nSPS) is 15.2. The molecule has 0 saturated carbocycles. The number of carbonyl (C=O) groups is 3. The van der Waals surface area contributed by atoms with Gasteiger partial charge in [-0.05, 0) is 48.5 Å². The van der Waals surface area contributed by atoms with Gasteiger partial charge >= 0.3 is 5.97 Å². The number of hydrogen-bond acceptors (Lipinski definition) is 5. The Morgan fingerprint density at radius 3 is 2.38 bits per heavy atom. The van der Waals surface area contributed by atoms with E-state index in [1.807, 2.05) is 30.3 Å². The molecular weight excluding hydrogens is 479 g/mol. The number of benzene rings is 3. The van der Waals surface area contributed by atoms with Crippen molar-refractivity contribution in [2.45, 2.75) is 6.42 Å². The van der Waals surface area contributed by atoms with Crippen LogP contribution in [0.25, 0.3) is 0 Å². The summed E-state index contributed by atoms with van der Waals surface area (Å²) in [6.45, 7) is -0.369. The van der Waals surface area contributed by atoms with Crippen molar-refractivity contribution >= 4 is 52.4 Å².